The Balaban J connectivity index is 2.29. The highest BCUT2D eigenvalue weighted by atomic mass is 16.3. The molecule has 0 aromatic rings. The number of rotatable bonds is 2. The molecule has 0 amide bonds. The lowest BCUT2D eigenvalue weighted by Gasteiger charge is -2.40. The van der Waals surface area contributed by atoms with E-state index in [-0.39, 0.29) is 13.2 Å². The van der Waals surface area contributed by atoms with E-state index in [0.29, 0.717) is 17.8 Å². The summed E-state index contributed by atoms with van der Waals surface area (Å²) in [5.74, 6) is 1.37. The molecule has 0 heterocycles. The molecule has 9 heavy (non-hydrogen) atoms. The number of aliphatic hydroxyl groups excluding tert-OH is 2. The summed E-state index contributed by atoms with van der Waals surface area (Å²) in [6.07, 6.45) is 1.09. The molecule has 1 fully saturated rings. The van der Waals surface area contributed by atoms with Crippen LogP contribution in [0.5, 0.6) is 0 Å². The van der Waals surface area contributed by atoms with Crippen LogP contribution in [0.25, 0.3) is 0 Å². The van der Waals surface area contributed by atoms with Crippen LogP contribution in [0.1, 0.15) is 13.3 Å². The van der Waals surface area contributed by atoms with Crippen molar-refractivity contribution in [1.82, 2.24) is 0 Å². The average Bonchev–Trinajstić information content (AvgIpc) is 1.83. The second-order valence-corrected chi connectivity index (χ2v) is 3.00. The highest BCUT2D eigenvalue weighted by Crippen LogP contribution is 2.38. The SMILES string of the molecule is CC1CC(CO)C1CO. The summed E-state index contributed by atoms with van der Waals surface area (Å²) in [4.78, 5) is 0. The molecule has 0 radical (unpaired) electrons. The summed E-state index contributed by atoms with van der Waals surface area (Å²) in [7, 11) is 0. The van der Waals surface area contributed by atoms with Crippen molar-refractivity contribution in [3.05, 3.63) is 0 Å². The van der Waals surface area contributed by atoms with E-state index >= 15 is 0 Å². The molecular formula is C7H14O2. The Bertz CT molecular complexity index is 92.9. The Morgan fingerprint density at radius 3 is 2.22 bits per heavy atom. The molecule has 2 N–H and O–H groups in total. The van der Waals surface area contributed by atoms with Gasteiger partial charge in [0.15, 0.2) is 0 Å². The van der Waals surface area contributed by atoms with Gasteiger partial charge in [0.2, 0.25) is 0 Å². The Hall–Kier alpha value is -0.0800. The lowest BCUT2D eigenvalue weighted by atomic mass is 9.66. The van der Waals surface area contributed by atoms with Gasteiger partial charge in [-0.05, 0) is 24.2 Å². The molecule has 0 aliphatic heterocycles. The van der Waals surface area contributed by atoms with Gasteiger partial charge >= 0.3 is 0 Å². The van der Waals surface area contributed by atoms with E-state index < -0.39 is 0 Å². The molecular weight excluding hydrogens is 116 g/mol. The van der Waals surface area contributed by atoms with E-state index in [1.165, 1.54) is 0 Å². The van der Waals surface area contributed by atoms with Crippen molar-refractivity contribution in [1.29, 1.82) is 0 Å². The van der Waals surface area contributed by atoms with Crippen LogP contribution in [0.3, 0.4) is 0 Å². The smallest absolute Gasteiger partial charge is 0.0465 e. The third-order valence-corrected chi connectivity index (χ3v) is 2.46. The monoisotopic (exact) mass is 130 g/mol. The van der Waals surface area contributed by atoms with Crippen LogP contribution in [0.4, 0.5) is 0 Å². The van der Waals surface area contributed by atoms with Crippen molar-refractivity contribution in [2.75, 3.05) is 13.2 Å². The van der Waals surface area contributed by atoms with E-state index in [2.05, 4.69) is 6.92 Å². The molecule has 1 aliphatic carbocycles. The van der Waals surface area contributed by atoms with Crippen molar-refractivity contribution in [3.8, 4) is 0 Å². The van der Waals surface area contributed by atoms with Gasteiger partial charge < -0.3 is 10.2 Å². The highest BCUT2D eigenvalue weighted by molar-refractivity contribution is 4.85. The topological polar surface area (TPSA) is 40.5 Å². The van der Waals surface area contributed by atoms with Gasteiger partial charge in [0.1, 0.15) is 0 Å². The predicted molar refractivity (Wildman–Crippen MR) is 34.9 cm³/mol. The number of hydrogen-bond donors (Lipinski definition) is 2. The summed E-state index contributed by atoms with van der Waals surface area (Å²) < 4.78 is 0. The molecule has 3 atom stereocenters. The van der Waals surface area contributed by atoms with Crippen LogP contribution in [0, 0.1) is 17.8 Å². The average molecular weight is 130 g/mol. The molecule has 2 heteroatoms. The molecule has 0 saturated heterocycles. The third-order valence-electron chi connectivity index (χ3n) is 2.46. The molecule has 0 aromatic heterocycles. The molecule has 1 rings (SSSR count). The fourth-order valence-electron chi connectivity index (χ4n) is 1.63. The number of hydrogen-bond acceptors (Lipinski definition) is 2. The van der Waals surface area contributed by atoms with Crippen molar-refractivity contribution < 1.29 is 10.2 Å². The molecule has 54 valence electrons. The van der Waals surface area contributed by atoms with Crippen molar-refractivity contribution in [3.63, 3.8) is 0 Å². The quantitative estimate of drug-likeness (QED) is 0.562. The maximum atomic E-state index is 8.75. The van der Waals surface area contributed by atoms with Gasteiger partial charge in [-0.25, -0.2) is 0 Å². The van der Waals surface area contributed by atoms with Crippen LogP contribution < -0.4 is 0 Å². The fourth-order valence-corrected chi connectivity index (χ4v) is 1.63. The van der Waals surface area contributed by atoms with Crippen LogP contribution in [-0.4, -0.2) is 23.4 Å². The maximum absolute atomic E-state index is 8.75. The second kappa shape index (κ2) is 2.67. The summed E-state index contributed by atoms with van der Waals surface area (Å²) in [5, 5.41) is 17.4. The van der Waals surface area contributed by atoms with E-state index in [4.69, 9.17) is 10.2 Å². The molecule has 1 saturated carbocycles. The van der Waals surface area contributed by atoms with Crippen LogP contribution in [0.15, 0.2) is 0 Å². The largest absolute Gasteiger partial charge is 0.396 e. The normalized spacial score (nSPS) is 42.3. The van der Waals surface area contributed by atoms with E-state index in [1.54, 1.807) is 0 Å². The Kier molecular flexibility index (Phi) is 2.09. The maximum Gasteiger partial charge on any atom is 0.0465 e. The lowest BCUT2D eigenvalue weighted by Crippen LogP contribution is -2.39. The Morgan fingerprint density at radius 1 is 1.33 bits per heavy atom. The summed E-state index contributed by atoms with van der Waals surface area (Å²) in [6.45, 7) is 2.61. The minimum atomic E-state index is 0.242. The van der Waals surface area contributed by atoms with Gasteiger partial charge in [-0.15, -0.1) is 0 Å². The molecule has 3 unspecified atom stereocenters. The standard InChI is InChI=1S/C7H14O2/c1-5-2-6(3-8)7(5)4-9/h5-9H,2-4H2,1H3. The first-order valence-electron chi connectivity index (χ1n) is 3.51. The molecule has 1 aliphatic rings. The van der Waals surface area contributed by atoms with Gasteiger partial charge in [-0.3, -0.25) is 0 Å². The molecule has 0 spiro atoms. The van der Waals surface area contributed by atoms with Gasteiger partial charge in [0, 0.05) is 13.2 Å². The summed E-state index contributed by atoms with van der Waals surface area (Å²) >= 11 is 0. The predicted octanol–water partition coefficient (Wildman–Crippen LogP) is 0.243. The lowest BCUT2D eigenvalue weighted by molar-refractivity contribution is -0.00514. The summed E-state index contributed by atoms with van der Waals surface area (Å²) in [5.41, 5.74) is 0. The van der Waals surface area contributed by atoms with Gasteiger partial charge in [-0.2, -0.15) is 0 Å². The molecule has 0 aromatic carbocycles. The first-order chi connectivity index (χ1) is 4.29. The molecule has 0 bridgehead atoms. The third kappa shape index (κ3) is 1.10. The van der Waals surface area contributed by atoms with Crippen molar-refractivity contribution in [2.24, 2.45) is 17.8 Å². The Labute approximate surface area is 55.5 Å². The summed E-state index contributed by atoms with van der Waals surface area (Å²) in [6, 6.07) is 0. The minimum Gasteiger partial charge on any atom is -0.396 e. The Morgan fingerprint density at radius 2 is 2.00 bits per heavy atom. The first kappa shape index (κ1) is 7.03. The van der Waals surface area contributed by atoms with E-state index in [1.807, 2.05) is 0 Å². The zero-order valence-corrected chi connectivity index (χ0v) is 5.75. The van der Waals surface area contributed by atoms with Gasteiger partial charge in [-0.1, -0.05) is 6.92 Å². The van der Waals surface area contributed by atoms with Crippen molar-refractivity contribution in [2.45, 2.75) is 13.3 Å². The van der Waals surface area contributed by atoms with Crippen molar-refractivity contribution >= 4 is 0 Å². The van der Waals surface area contributed by atoms with Crippen LogP contribution in [-0.2, 0) is 0 Å². The van der Waals surface area contributed by atoms with Gasteiger partial charge in [0.25, 0.3) is 0 Å². The highest BCUT2D eigenvalue weighted by Gasteiger charge is 2.36. The van der Waals surface area contributed by atoms with Crippen LogP contribution in [0.2, 0.25) is 0 Å². The van der Waals surface area contributed by atoms with E-state index in [0.717, 1.165) is 6.42 Å². The minimum absolute atomic E-state index is 0.242. The molecule has 2 nitrogen and oxygen atoms in total. The van der Waals surface area contributed by atoms with E-state index in [9.17, 15) is 0 Å². The van der Waals surface area contributed by atoms with Crippen LogP contribution >= 0.6 is 0 Å². The fraction of sp³-hybridized carbons (Fsp3) is 1.00. The van der Waals surface area contributed by atoms with Gasteiger partial charge in [0.05, 0.1) is 0 Å². The zero-order valence-electron chi connectivity index (χ0n) is 5.75. The number of aliphatic hydroxyl groups is 2. The second-order valence-electron chi connectivity index (χ2n) is 3.00. The zero-order chi connectivity index (χ0) is 6.85. The first-order valence-corrected chi connectivity index (χ1v) is 3.51.